The number of hydrogen-bond donors (Lipinski definition) is 1. The molecule has 0 aliphatic carbocycles. The first-order chi connectivity index (χ1) is 15.1. The molecule has 164 valence electrons. The third-order valence-electron chi connectivity index (χ3n) is 5.89. The first-order valence-electron chi connectivity index (χ1n) is 10.7. The molecule has 1 fully saturated rings. The quantitative estimate of drug-likeness (QED) is 0.547. The van der Waals surface area contributed by atoms with Gasteiger partial charge in [0.25, 0.3) is 0 Å². The van der Waals surface area contributed by atoms with E-state index in [1.807, 2.05) is 18.2 Å². The summed E-state index contributed by atoms with van der Waals surface area (Å²) in [4.78, 5) is 14.9. The summed E-state index contributed by atoms with van der Waals surface area (Å²) in [6.07, 6.45) is 5.03. The number of benzene rings is 2. The summed E-state index contributed by atoms with van der Waals surface area (Å²) in [5, 5.41) is 4.61. The average Bonchev–Trinajstić information content (AvgIpc) is 3.19. The predicted octanol–water partition coefficient (Wildman–Crippen LogP) is 5.17. The zero-order valence-electron chi connectivity index (χ0n) is 17.4. The van der Waals surface area contributed by atoms with Gasteiger partial charge in [-0.3, -0.25) is 4.57 Å². The number of fused-ring (bicyclic) bond motifs is 1. The molecule has 1 aromatic heterocycles. The zero-order chi connectivity index (χ0) is 21.6. The normalized spacial score (nSPS) is 15.3. The molecule has 1 N–H and O–H groups in total. The van der Waals surface area contributed by atoms with Crippen molar-refractivity contribution in [3.63, 3.8) is 0 Å². The molecule has 31 heavy (non-hydrogen) atoms. The second-order valence-corrected chi connectivity index (χ2v) is 8.43. The second kappa shape index (κ2) is 10.2. The number of piperidine rings is 1. The van der Waals surface area contributed by atoms with E-state index in [1.54, 1.807) is 29.0 Å². The van der Waals surface area contributed by atoms with Gasteiger partial charge in [0.2, 0.25) is 0 Å². The summed E-state index contributed by atoms with van der Waals surface area (Å²) in [6.45, 7) is 4.15. The van der Waals surface area contributed by atoms with E-state index < -0.39 is 0 Å². The molecule has 2 aromatic carbocycles. The number of carbonyl (C=O) groups is 1. The van der Waals surface area contributed by atoms with Crippen LogP contribution in [-0.4, -0.2) is 48.3 Å². The maximum atomic E-state index is 12.9. The van der Waals surface area contributed by atoms with Gasteiger partial charge >= 0.3 is 6.03 Å². The van der Waals surface area contributed by atoms with E-state index in [-0.39, 0.29) is 11.8 Å². The minimum Gasteiger partial charge on any atom is -0.494 e. The second-order valence-electron chi connectivity index (χ2n) is 8.00. The van der Waals surface area contributed by atoms with Gasteiger partial charge in [-0.05, 0) is 80.7 Å². The van der Waals surface area contributed by atoms with Crippen LogP contribution in [0.2, 0.25) is 5.02 Å². The molecule has 0 saturated carbocycles. The van der Waals surface area contributed by atoms with Crippen LogP contribution in [0.1, 0.15) is 19.3 Å². The SMILES string of the molecule is O=C(NCCN1CCC(CCOc2ccc(F)cc2)CC1)n1ccc2ccc(Cl)cc21. The van der Waals surface area contributed by atoms with Crippen LogP contribution in [-0.2, 0) is 0 Å². The van der Waals surface area contributed by atoms with Gasteiger partial charge in [-0.2, -0.15) is 0 Å². The minimum absolute atomic E-state index is 0.134. The highest BCUT2D eigenvalue weighted by molar-refractivity contribution is 6.31. The Hall–Kier alpha value is -2.57. The number of hydrogen-bond acceptors (Lipinski definition) is 3. The minimum atomic E-state index is -0.248. The summed E-state index contributed by atoms with van der Waals surface area (Å²) in [6, 6.07) is 13.5. The van der Waals surface area contributed by atoms with E-state index in [1.165, 1.54) is 12.1 Å². The molecule has 0 unspecified atom stereocenters. The van der Waals surface area contributed by atoms with E-state index in [9.17, 15) is 9.18 Å². The standard InChI is InChI=1S/C24H27ClFN3O2/c25-20-2-1-19-9-14-29(23(19)17-20)24(30)27-11-15-28-12-7-18(8-13-28)10-16-31-22-5-3-21(26)4-6-22/h1-6,9,14,17-18H,7-8,10-13,15-16H2,(H,27,30). The number of amides is 1. The topological polar surface area (TPSA) is 46.5 Å². The summed E-state index contributed by atoms with van der Waals surface area (Å²) < 4.78 is 20.3. The molecular weight excluding hydrogens is 417 g/mol. The Labute approximate surface area is 186 Å². The lowest BCUT2D eigenvalue weighted by atomic mass is 9.94. The first kappa shape index (κ1) is 21.7. The van der Waals surface area contributed by atoms with Gasteiger partial charge in [0.1, 0.15) is 11.6 Å². The zero-order valence-corrected chi connectivity index (χ0v) is 18.2. The number of rotatable bonds is 7. The van der Waals surface area contributed by atoms with E-state index in [0.29, 0.717) is 29.8 Å². The van der Waals surface area contributed by atoms with Crippen LogP contribution in [0.15, 0.2) is 54.7 Å². The van der Waals surface area contributed by atoms with E-state index >= 15 is 0 Å². The molecule has 3 aromatic rings. The Morgan fingerprint density at radius 3 is 2.68 bits per heavy atom. The molecular formula is C24H27ClFN3O2. The molecule has 1 saturated heterocycles. The van der Waals surface area contributed by atoms with Crippen LogP contribution in [0.25, 0.3) is 10.9 Å². The Bertz CT molecular complexity index is 1010. The fourth-order valence-electron chi connectivity index (χ4n) is 4.06. The third kappa shape index (κ3) is 5.77. The van der Waals surface area contributed by atoms with Crippen molar-refractivity contribution >= 4 is 28.5 Å². The van der Waals surface area contributed by atoms with Gasteiger partial charge in [-0.25, -0.2) is 9.18 Å². The Balaban J connectivity index is 1.14. The molecule has 0 bridgehead atoms. The average molecular weight is 444 g/mol. The molecule has 2 heterocycles. The monoisotopic (exact) mass is 443 g/mol. The molecule has 5 nitrogen and oxygen atoms in total. The fraction of sp³-hybridized carbons (Fsp3) is 0.375. The fourth-order valence-corrected chi connectivity index (χ4v) is 4.22. The van der Waals surface area contributed by atoms with Gasteiger partial charge in [0.15, 0.2) is 0 Å². The smallest absolute Gasteiger partial charge is 0.326 e. The molecule has 1 aliphatic heterocycles. The van der Waals surface area contributed by atoms with Gasteiger partial charge in [-0.15, -0.1) is 0 Å². The van der Waals surface area contributed by atoms with Gasteiger partial charge in [0.05, 0.1) is 12.1 Å². The van der Waals surface area contributed by atoms with Crippen LogP contribution < -0.4 is 10.1 Å². The predicted molar refractivity (Wildman–Crippen MR) is 121 cm³/mol. The molecule has 4 rings (SSSR count). The summed E-state index contributed by atoms with van der Waals surface area (Å²) in [5.41, 5.74) is 0.814. The van der Waals surface area contributed by atoms with Crippen molar-refractivity contribution in [1.29, 1.82) is 0 Å². The van der Waals surface area contributed by atoms with Crippen molar-refractivity contribution in [3.8, 4) is 5.75 Å². The summed E-state index contributed by atoms with van der Waals surface area (Å²) >= 11 is 6.07. The highest BCUT2D eigenvalue weighted by atomic mass is 35.5. The van der Waals surface area contributed by atoms with E-state index in [0.717, 1.165) is 49.8 Å². The number of nitrogens with zero attached hydrogens (tertiary/aromatic N) is 2. The highest BCUT2D eigenvalue weighted by Crippen LogP contribution is 2.22. The lowest BCUT2D eigenvalue weighted by Gasteiger charge is -2.31. The number of nitrogens with one attached hydrogen (secondary N) is 1. The first-order valence-corrected chi connectivity index (χ1v) is 11.1. The maximum absolute atomic E-state index is 12.9. The number of halogens is 2. The van der Waals surface area contributed by atoms with Crippen LogP contribution >= 0.6 is 11.6 Å². The number of likely N-dealkylation sites (tertiary alicyclic amines) is 1. The Kier molecular flexibility index (Phi) is 7.10. The molecule has 0 atom stereocenters. The number of ether oxygens (including phenoxy) is 1. The molecule has 7 heteroatoms. The highest BCUT2D eigenvalue weighted by Gasteiger charge is 2.19. The van der Waals surface area contributed by atoms with Gasteiger partial charge in [-0.1, -0.05) is 17.7 Å². The van der Waals surface area contributed by atoms with Crippen molar-refractivity contribution in [1.82, 2.24) is 14.8 Å². The molecule has 1 aliphatic rings. The number of carbonyl (C=O) groups excluding carboxylic acids is 1. The van der Waals surface area contributed by atoms with Crippen molar-refractivity contribution < 1.29 is 13.9 Å². The summed E-state index contributed by atoms with van der Waals surface area (Å²) in [7, 11) is 0. The third-order valence-corrected chi connectivity index (χ3v) is 6.13. The van der Waals surface area contributed by atoms with Crippen molar-refractivity contribution in [2.45, 2.75) is 19.3 Å². The maximum Gasteiger partial charge on any atom is 0.326 e. The van der Waals surface area contributed by atoms with Crippen LogP contribution in [0.3, 0.4) is 0 Å². The van der Waals surface area contributed by atoms with E-state index in [4.69, 9.17) is 16.3 Å². The van der Waals surface area contributed by atoms with Crippen LogP contribution in [0.5, 0.6) is 5.75 Å². The van der Waals surface area contributed by atoms with Gasteiger partial charge < -0.3 is 15.0 Å². The van der Waals surface area contributed by atoms with Crippen LogP contribution in [0, 0.1) is 11.7 Å². The van der Waals surface area contributed by atoms with Crippen molar-refractivity contribution in [2.24, 2.45) is 5.92 Å². The lowest BCUT2D eigenvalue weighted by molar-refractivity contribution is 0.164. The molecule has 0 spiro atoms. The van der Waals surface area contributed by atoms with Crippen molar-refractivity contribution in [2.75, 3.05) is 32.8 Å². The Morgan fingerprint density at radius 2 is 1.90 bits per heavy atom. The largest absolute Gasteiger partial charge is 0.494 e. The van der Waals surface area contributed by atoms with Gasteiger partial charge in [0, 0.05) is 29.7 Å². The lowest BCUT2D eigenvalue weighted by Crippen LogP contribution is -2.40. The molecule has 0 radical (unpaired) electrons. The Morgan fingerprint density at radius 1 is 1.13 bits per heavy atom. The number of aromatic nitrogens is 1. The van der Waals surface area contributed by atoms with Crippen LogP contribution in [0.4, 0.5) is 9.18 Å². The van der Waals surface area contributed by atoms with Crippen molar-refractivity contribution in [3.05, 3.63) is 65.6 Å². The molecule has 1 amide bonds. The summed E-state index contributed by atoms with van der Waals surface area (Å²) in [5.74, 6) is 1.11. The van der Waals surface area contributed by atoms with E-state index in [2.05, 4.69) is 10.2 Å².